The molecule has 0 aliphatic heterocycles. The number of benzene rings is 1. The summed E-state index contributed by atoms with van der Waals surface area (Å²) in [5, 5.41) is 12.0. The van der Waals surface area contributed by atoms with E-state index in [0.717, 1.165) is 16.5 Å². The Bertz CT molecular complexity index is 851. The molecule has 2 rings (SSSR count). The summed E-state index contributed by atoms with van der Waals surface area (Å²) in [4.78, 5) is 39.0. The van der Waals surface area contributed by atoms with Crippen molar-refractivity contribution in [1.29, 1.82) is 0 Å². The lowest BCUT2D eigenvalue weighted by Gasteiger charge is -2.23. The van der Waals surface area contributed by atoms with E-state index in [1.54, 1.807) is 20.0 Å². The lowest BCUT2D eigenvalue weighted by Crippen LogP contribution is -2.51. The number of rotatable bonds is 9. The van der Waals surface area contributed by atoms with E-state index in [0.29, 0.717) is 0 Å². The molecule has 152 valence electrons. The number of nitrogens with one attached hydrogen (secondary N) is 3. The van der Waals surface area contributed by atoms with Crippen LogP contribution in [0.15, 0.2) is 30.5 Å². The number of alkyl halides is 1. The van der Waals surface area contributed by atoms with Crippen molar-refractivity contribution in [2.24, 2.45) is 17.6 Å². The minimum atomic E-state index is -2.26. The highest BCUT2D eigenvalue weighted by atomic mass is 19.1. The number of amides is 3. The number of fused-ring (bicyclic) bond motifs is 1. The van der Waals surface area contributed by atoms with Crippen LogP contribution in [0.2, 0.25) is 0 Å². The van der Waals surface area contributed by atoms with Crippen LogP contribution in [0.4, 0.5) is 4.39 Å². The molecule has 0 bridgehead atoms. The van der Waals surface area contributed by atoms with Crippen LogP contribution in [-0.2, 0) is 20.8 Å². The van der Waals surface area contributed by atoms with Crippen LogP contribution in [0.3, 0.4) is 0 Å². The SMILES string of the molecule is CC(C)C[C@@H](C(=O)N[C@@H](Cc1c[nH]c2ccccc12)C(N)=O)[C@@H](F)C(=O)NO. The van der Waals surface area contributed by atoms with Gasteiger partial charge in [0.25, 0.3) is 5.91 Å². The largest absolute Gasteiger partial charge is 0.368 e. The van der Waals surface area contributed by atoms with Gasteiger partial charge in [0.05, 0.1) is 5.92 Å². The first-order chi connectivity index (χ1) is 13.2. The average molecular weight is 392 g/mol. The molecule has 0 saturated carbocycles. The van der Waals surface area contributed by atoms with Crippen LogP contribution in [0.1, 0.15) is 25.8 Å². The fraction of sp³-hybridized carbons (Fsp3) is 0.421. The molecule has 2 aromatic rings. The Morgan fingerprint density at radius 1 is 1.21 bits per heavy atom. The Labute approximate surface area is 161 Å². The van der Waals surface area contributed by atoms with E-state index in [1.165, 1.54) is 5.48 Å². The molecule has 28 heavy (non-hydrogen) atoms. The fourth-order valence-electron chi connectivity index (χ4n) is 3.13. The van der Waals surface area contributed by atoms with E-state index < -0.39 is 35.9 Å². The smallest absolute Gasteiger partial charge is 0.278 e. The molecule has 6 N–H and O–H groups in total. The third-order valence-electron chi connectivity index (χ3n) is 4.53. The number of hydrogen-bond donors (Lipinski definition) is 5. The molecule has 1 heterocycles. The van der Waals surface area contributed by atoms with Gasteiger partial charge in [-0.2, -0.15) is 0 Å². The third kappa shape index (κ3) is 5.07. The molecule has 0 saturated heterocycles. The van der Waals surface area contributed by atoms with Gasteiger partial charge in [0.1, 0.15) is 6.04 Å². The molecule has 0 aliphatic rings. The summed E-state index contributed by atoms with van der Waals surface area (Å²) in [6.07, 6.45) is -0.369. The molecule has 8 nitrogen and oxygen atoms in total. The molecule has 3 amide bonds. The number of carbonyl (C=O) groups is 3. The minimum absolute atomic E-state index is 0.0546. The van der Waals surface area contributed by atoms with Crippen LogP contribution in [-0.4, -0.2) is 40.1 Å². The van der Waals surface area contributed by atoms with Gasteiger partial charge in [-0.25, -0.2) is 9.87 Å². The van der Waals surface area contributed by atoms with Gasteiger partial charge >= 0.3 is 0 Å². The summed E-state index contributed by atoms with van der Waals surface area (Å²) in [5.74, 6) is -4.36. The number of hydroxylamine groups is 1. The van der Waals surface area contributed by atoms with Crippen LogP contribution >= 0.6 is 0 Å². The molecule has 3 atom stereocenters. The van der Waals surface area contributed by atoms with Gasteiger partial charge in [0, 0.05) is 23.5 Å². The number of aromatic amines is 1. The highest BCUT2D eigenvalue weighted by Gasteiger charge is 2.36. The van der Waals surface area contributed by atoms with Crippen LogP contribution in [0, 0.1) is 11.8 Å². The predicted molar refractivity (Wildman–Crippen MR) is 101 cm³/mol. The monoisotopic (exact) mass is 392 g/mol. The zero-order valence-electron chi connectivity index (χ0n) is 15.7. The minimum Gasteiger partial charge on any atom is -0.368 e. The molecule has 1 aromatic carbocycles. The number of aromatic nitrogens is 1. The number of para-hydroxylation sites is 1. The van der Waals surface area contributed by atoms with Crippen molar-refractivity contribution in [2.45, 2.75) is 38.9 Å². The zero-order chi connectivity index (χ0) is 20.8. The van der Waals surface area contributed by atoms with E-state index in [9.17, 15) is 18.8 Å². The van der Waals surface area contributed by atoms with E-state index in [-0.39, 0.29) is 18.8 Å². The normalized spacial score (nSPS) is 14.5. The van der Waals surface area contributed by atoms with Gasteiger partial charge < -0.3 is 16.0 Å². The van der Waals surface area contributed by atoms with Crippen molar-refractivity contribution in [3.8, 4) is 0 Å². The maximum absolute atomic E-state index is 14.4. The first kappa shape index (κ1) is 21.4. The molecule has 0 aliphatic carbocycles. The van der Waals surface area contributed by atoms with Gasteiger partial charge in [-0.1, -0.05) is 32.0 Å². The van der Waals surface area contributed by atoms with E-state index in [2.05, 4.69) is 10.3 Å². The molecule has 0 spiro atoms. The second-order valence-corrected chi connectivity index (χ2v) is 7.14. The Hall–Kier alpha value is -2.94. The van der Waals surface area contributed by atoms with Crippen LogP contribution < -0.4 is 16.5 Å². The lowest BCUT2D eigenvalue weighted by atomic mass is 9.91. The Morgan fingerprint density at radius 2 is 1.89 bits per heavy atom. The Kier molecular flexibility index (Phi) is 7.11. The van der Waals surface area contributed by atoms with Gasteiger partial charge in [-0.15, -0.1) is 0 Å². The van der Waals surface area contributed by atoms with Crippen molar-refractivity contribution in [3.05, 3.63) is 36.0 Å². The highest BCUT2D eigenvalue weighted by molar-refractivity contribution is 5.92. The summed E-state index contributed by atoms with van der Waals surface area (Å²) in [7, 11) is 0. The summed E-state index contributed by atoms with van der Waals surface area (Å²) in [6, 6.07) is 6.37. The van der Waals surface area contributed by atoms with Crippen molar-refractivity contribution in [2.75, 3.05) is 0 Å². The predicted octanol–water partition coefficient (Wildman–Crippen LogP) is 1.19. The fourth-order valence-corrected chi connectivity index (χ4v) is 3.13. The van der Waals surface area contributed by atoms with Crippen molar-refractivity contribution in [3.63, 3.8) is 0 Å². The number of nitrogens with two attached hydrogens (primary N) is 1. The number of H-pyrrole nitrogens is 1. The topological polar surface area (TPSA) is 137 Å². The molecular weight excluding hydrogens is 367 g/mol. The Morgan fingerprint density at radius 3 is 2.50 bits per heavy atom. The molecular formula is C19H25FN4O4. The molecule has 0 radical (unpaired) electrons. The van der Waals surface area contributed by atoms with Gasteiger partial charge in [0.15, 0.2) is 6.17 Å². The number of primary amides is 1. The lowest BCUT2D eigenvalue weighted by molar-refractivity contribution is -0.142. The summed E-state index contributed by atoms with van der Waals surface area (Å²) in [5.41, 5.74) is 8.29. The molecule has 0 fully saturated rings. The summed E-state index contributed by atoms with van der Waals surface area (Å²) in [6.45, 7) is 3.53. The molecule has 1 aromatic heterocycles. The summed E-state index contributed by atoms with van der Waals surface area (Å²) >= 11 is 0. The average Bonchev–Trinajstić information content (AvgIpc) is 3.07. The zero-order valence-corrected chi connectivity index (χ0v) is 15.7. The van der Waals surface area contributed by atoms with Crippen molar-refractivity contribution in [1.82, 2.24) is 15.8 Å². The van der Waals surface area contributed by atoms with Gasteiger partial charge in [0.2, 0.25) is 11.8 Å². The van der Waals surface area contributed by atoms with Crippen molar-refractivity contribution >= 4 is 28.6 Å². The molecule has 0 unspecified atom stereocenters. The number of hydrogen-bond acceptors (Lipinski definition) is 4. The maximum Gasteiger partial charge on any atom is 0.278 e. The maximum atomic E-state index is 14.4. The van der Waals surface area contributed by atoms with Crippen molar-refractivity contribution < 1.29 is 24.0 Å². The highest BCUT2D eigenvalue weighted by Crippen LogP contribution is 2.21. The van der Waals surface area contributed by atoms with Gasteiger partial charge in [-0.05, 0) is 24.0 Å². The Balaban J connectivity index is 2.19. The molecule has 9 heteroatoms. The van der Waals surface area contributed by atoms with E-state index >= 15 is 0 Å². The quantitative estimate of drug-likeness (QED) is 0.323. The second-order valence-electron chi connectivity index (χ2n) is 7.14. The second kappa shape index (κ2) is 9.32. The number of carbonyl (C=O) groups excluding carboxylic acids is 3. The number of halogens is 1. The van der Waals surface area contributed by atoms with Gasteiger partial charge in [-0.3, -0.25) is 19.6 Å². The van der Waals surface area contributed by atoms with E-state index in [1.807, 2.05) is 24.3 Å². The summed E-state index contributed by atoms with van der Waals surface area (Å²) < 4.78 is 14.4. The first-order valence-electron chi connectivity index (χ1n) is 8.97. The first-order valence-corrected chi connectivity index (χ1v) is 8.97. The third-order valence-corrected chi connectivity index (χ3v) is 4.53. The van der Waals surface area contributed by atoms with Crippen LogP contribution in [0.25, 0.3) is 10.9 Å². The standard InChI is InChI=1S/C19H25FN4O4/c1-10(2)7-13(16(20)19(27)24-28)18(26)23-15(17(21)25)8-11-9-22-14-6-4-3-5-12(11)14/h3-6,9-10,13,15-16,22,28H,7-8H2,1-2H3,(H2,21,25)(H,23,26)(H,24,27)/t13-,15+,16-/m1/s1. The van der Waals surface area contributed by atoms with Crippen LogP contribution in [0.5, 0.6) is 0 Å². The van der Waals surface area contributed by atoms with E-state index in [4.69, 9.17) is 10.9 Å².